The standard InChI is InChI=1S/C18H24N2/c1-13-6-4-5-7-14(13)12-20-9-8-15-16(19)10-18(2,3)11-17(15)20/h4-9,16H,10-12,19H2,1-3H3. The first-order valence-corrected chi connectivity index (χ1v) is 7.44. The summed E-state index contributed by atoms with van der Waals surface area (Å²) in [6, 6.07) is 11.0. The predicted octanol–water partition coefficient (Wildman–Crippen LogP) is 3.82. The third kappa shape index (κ3) is 2.40. The van der Waals surface area contributed by atoms with E-state index < -0.39 is 0 Å². The Kier molecular flexibility index (Phi) is 3.21. The van der Waals surface area contributed by atoms with Crippen molar-refractivity contribution in [2.45, 2.75) is 46.2 Å². The molecule has 2 N–H and O–H groups in total. The first kappa shape index (κ1) is 13.4. The second-order valence-corrected chi connectivity index (χ2v) is 6.92. The van der Waals surface area contributed by atoms with Crippen LogP contribution in [0.15, 0.2) is 36.5 Å². The normalized spacial score (nSPS) is 20.7. The summed E-state index contributed by atoms with van der Waals surface area (Å²) in [6.45, 7) is 7.77. The van der Waals surface area contributed by atoms with Gasteiger partial charge >= 0.3 is 0 Å². The van der Waals surface area contributed by atoms with Gasteiger partial charge in [-0.15, -0.1) is 0 Å². The number of hydrogen-bond acceptors (Lipinski definition) is 1. The van der Waals surface area contributed by atoms with Crippen LogP contribution in [0.3, 0.4) is 0 Å². The van der Waals surface area contributed by atoms with Gasteiger partial charge in [0.25, 0.3) is 0 Å². The minimum atomic E-state index is 0.187. The zero-order valence-corrected chi connectivity index (χ0v) is 12.7. The molecule has 0 bridgehead atoms. The van der Waals surface area contributed by atoms with Crippen LogP contribution >= 0.6 is 0 Å². The fraction of sp³-hybridized carbons (Fsp3) is 0.444. The maximum atomic E-state index is 6.35. The summed E-state index contributed by atoms with van der Waals surface area (Å²) >= 11 is 0. The monoisotopic (exact) mass is 268 g/mol. The Balaban J connectivity index is 1.95. The smallest absolute Gasteiger partial charge is 0.0475 e. The second kappa shape index (κ2) is 4.78. The van der Waals surface area contributed by atoms with Crippen LogP contribution < -0.4 is 5.73 Å². The van der Waals surface area contributed by atoms with E-state index in [0.29, 0.717) is 5.41 Å². The van der Waals surface area contributed by atoms with Gasteiger partial charge in [-0.2, -0.15) is 0 Å². The largest absolute Gasteiger partial charge is 0.347 e. The molecular weight excluding hydrogens is 244 g/mol. The minimum absolute atomic E-state index is 0.187. The summed E-state index contributed by atoms with van der Waals surface area (Å²) in [5.74, 6) is 0. The molecular formula is C18H24N2. The summed E-state index contributed by atoms with van der Waals surface area (Å²) in [7, 11) is 0. The molecule has 0 spiro atoms. The number of fused-ring (bicyclic) bond motifs is 1. The fourth-order valence-electron chi connectivity index (χ4n) is 3.41. The lowest BCUT2D eigenvalue weighted by Gasteiger charge is -2.34. The Hall–Kier alpha value is -1.54. The van der Waals surface area contributed by atoms with Crippen molar-refractivity contribution in [2.75, 3.05) is 0 Å². The van der Waals surface area contributed by atoms with E-state index in [2.05, 4.69) is 61.9 Å². The first-order chi connectivity index (χ1) is 9.46. The first-order valence-electron chi connectivity index (χ1n) is 7.44. The van der Waals surface area contributed by atoms with Gasteiger partial charge in [-0.25, -0.2) is 0 Å². The van der Waals surface area contributed by atoms with Gasteiger partial charge in [0.15, 0.2) is 0 Å². The van der Waals surface area contributed by atoms with Crippen molar-refractivity contribution in [2.24, 2.45) is 11.1 Å². The Bertz CT molecular complexity index is 622. The number of nitrogens with two attached hydrogens (primary N) is 1. The molecule has 2 nitrogen and oxygen atoms in total. The number of hydrogen-bond donors (Lipinski definition) is 1. The van der Waals surface area contributed by atoms with Crippen molar-refractivity contribution in [1.29, 1.82) is 0 Å². The molecule has 106 valence electrons. The van der Waals surface area contributed by atoms with Crippen molar-refractivity contribution < 1.29 is 0 Å². The van der Waals surface area contributed by atoms with Crippen molar-refractivity contribution >= 4 is 0 Å². The van der Waals surface area contributed by atoms with Crippen LogP contribution in [0.1, 0.15) is 48.7 Å². The van der Waals surface area contributed by atoms with E-state index >= 15 is 0 Å². The maximum Gasteiger partial charge on any atom is 0.0475 e. The highest BCUT2D eigenvalue weighted by Gasteiger charge is 2.32. The van der Waals surface area contributed by atoms with E-state index in [1.165, 1.54) is 22.4 Å². The highest BCUT2D eigenvalue weighted by atomic mass is 15.0. The molecule has 0 saturated carbocycles. The predicted molar refractivity (Wildman–Crippen MR) is 83.7 cm³/mol. The quantitative estimate of drug-likeness (QED) is 0.882. The van der Waals surface area contributed by atoms with Crippen molar-refractivity contribution in [3.05, 3.63) is 58.9 Å². The average molecular weight is 268 g/mol. The summed E-state index contributed by atoms with van der Waals surface area (Å²) in [6.07, 6.45) is 4.40. The van der Waals surface area contributed by atoms with Crippen LogP contribution in [0, 0.1) is 12.3 Å². The van der Waals surface area contributed by atoms with Crippen LogP contribution in [0.4, 0.5) is 0 Å². The molecule has 0 amide bonds. The molecule has 0 radical (unpaired) electrons. The number of benzene rings is 1. The van der Waals surface area contributed by atoms with Crippen molar-refractivity contribution in [3.63, 3.8) is 0 Å². The van der Waals surface area contributed by atoms with Gasteiger partial charge in [-0.3, -0.25) is 0 Å². The molecule has 0 fully saturated rings. The number of aromatic nitrogens is 1. The van der Waals surface area contributed by atoms with E-state index in [1.54, 1.807) is 0 Å². The summed E-state index contributed by atoms with van der Waals surface area (Å²) in [5, 5.41) is 0. The third-order valence-corrected chi connectivity index (χ3v) is 4.53. The molecule has 2 aromatic rings. The van der Waals surface area contributed by atoms with Gasteiger partial charge in [0.05, 0.1) is 0 Å². The summed E-state index contributed by atoms with van der Waals surface area (Å²) in [5.41, 5.74) is 12.2. The molecule has 1 aromatic heterocycles. The van der Waals surface area contributed by atoms with Gasteiger partial charge in [0, 0.05) is 24.5 Å². The average Bonchev–Trinajstić information content (AvgIpc) is 2.74. The molecule has 1 atom stereocenters. The zero-order valence-electron chi connectivity index (χ0n) is 12.7. The fourth-order valence-corrected chi connectivity index (χ4v) is 3.41. The lowest BCUT2D eigenvalue weighted by Crippen LogP contribution is -2.30. The van der Waals surface area contributed by atoms with Crippen LogP contribution in [0.2, 0.25) is 0 Å². The minimum Gasteiger partial charge on any atom is -0.347 e. The summed E-state index contributed by atoms with van der Waals surface area (Å²) < 4.78 is 2.39. The molecule has 1 heterocycles. The van der Waals surface area contributed by atoms with E-state index in [9.17, 15) is 0 Å². The zero-order chi connectivity index (χ0) is 14.3. The Morgan fingerprint density at radius 3 is 2.75 bits per heavy atom. The van der Waals surface area contributed by atoms with Gasteiger partial charge < -0.3 is 10.3 Å². The van der Waals surface area contributed by atoms with Crippen LogP contribution in [-0.2, 0) is 13.0 Å². The topological polar surface area (TPSA) is 30.9 Å². The Morgan fingerprint density at radius 2 is 2.00 bits per heavy atom. The molecule has 3 rings (SSSR count). The van der Waals surface area contributed by atoms with E-state index in [-0.39, 0.29) is 6.04 Å². The highest BCUT2D eigenvalue weighted by molar-refractivity contribution is 5.32. The Morgan fingerprint density at radius 1 is 1.25 bits per heavy atom. The molecule has 1 aliphatic carbocycles. The highest BCUT2D eigenvalue weighted by Crippen LogP contribution is 2.40. The van der Waals surface area contributed by atoms with Crippen LogP contribution in [0.25, 0.3) is 0 Å². The van der Waals surface area contributed by atoms with Gasteiger partial charge in [0.1, 0.15) is 0 Å². The Labute approximate surface area is 121 Å². The maximum absolute atomic E-state index is 6.35. The molecule has 0 aliphatic heterocycles. The molecule has 1 aliphatic rings. The number of nitrogens with zero attached hydrogens (tertiary/aromatic N) is 1. The third-order valence-electron chi connectivity index (χ3n) is 4.53. The molecule has 0 saturated heterocycles. The second-order valence-electron chi connectivity index (χ2n) is 6.92. The van der Waals surface area contributed by atoms with Gasteiger partial charge in [0.2, 0.25) is 0 Å². The molecule has 20 heavy (non-hydrogen) atoms. The van der Waals surface area contributed by atoms with Crippen LogP contribution in [0.5, 0.6) is 0 Å². The molecule has 1 aromatic carbocycles. The van der Waals surface area contributed by atoms with E-state index in [0.717, 1.165) is 19.4 Å². The van der Waals surface area contributed by atoms with Gasteiger partial charge in [-0.05, 0) is 47.9 Å². The van der Waals surface area contributed by atoms with Crippen molar-refractivity contribution in [1.82, 2.24) is 4.57 Å². The SMILES string of the molecule is Cc1ccccc1Cn1ccc2c1CC(C)(C)CC2N. The lowest BCUT2D eigenvalue weighted by atomic mass is 9.74. The van der Waals surface area contributed by atoms with E-state index in [1.807, 2.05) is 0 Å². The molecule has 2 heteroatoms. The summed E-state index contributed by atoms with van der Waals surface area (Å²) in [4.78, 5) is 0. The lowest BCUT2D eigenvalue weighted by molar-refractivity contribution is 0.276. The van der Waals surface area contributed by atoms with Crippen LogP contribution in [-0.4, -0.2) is 4.57 Å². The van der Waals surface area contributed by atoms with E-state index in [4.69, 9.17) is 5.73 Å². The molecule has 1 unspecified atom stereocenters. The van der Waals surface area contributed by atoms with Crippen molar-refractivity contribution in [3.8, 4) is 0 Å². The van der Waals surface area contributed by atoms with Gasteiger partial charge in [-0.1, -0.05) is 38.1 Å². The number of aryl methyl sites for hydroxylation is 1. The number of rotatable bonds is 2.